The van der Waals surface area contributed by atoms with Gasteiger partial charge in [-0.15, -0.1) is 0 Å². The number of rotatable bonds is 5. The Morgan fingerprint density at radius 2 is 1.31 bits per heavy atom. The Labute approximate surface area is 150 Å². The van der Waals surface area contributed by atoms with Crippen LogP contribution in [-0.2, 0) is 0 Å². The first kappa shape index (κ1) is 17.2. The van der Waals surface area contributed by atoms with Crippen molar-refractivity contribution >= 4 is 17.4 Å². The average Bonchev–Trinajstić information content (AvgIpc) is 2.68. The summed E-state index contributed by atoms with van der Waals surface area (Å²) in [6, 6.07) is 24.2. The van der Waals surface area contributed by atoms with E-state index in [9.17, 15) is 14.9 Å². The third-order valence-corrected chi connectivity index (χ3v) is 3.89. The number of nitro groups is 1. The standard InChI is InChI=1S/C20H17N3O3/c24-20(21-17-13-7-8-14-18(17)23(25)26)22-19(15-9-3-1-4-10-15)16-11-5-2-6-12-16/h1-14,19H,(H2,21,22,24). The van der Waals surface area contributed by atoms with Crippen LogP contribution in [0.5, 0.6) is 0 Å². The van der Waals surface area contributed by atoms with Gasteiger partial charge in [0.15, 0.2) is 0 Å². The van der Waals surface area contributed by atoms with Gasteiger partial charge in [0.05, 0.1) is 11.0 Å². The number of carbonyl (C=O) groups excluding carboxylic acids is 1. The zero-order chi connectivity index (χ0) is 18.4. The molecule has 3 aromatic carbocycles. The predicted octanol–water partition coefficient (Wildman–Crippen LogP) is 4.51. The van der Waals surface area contributed by atoms with Crippen molar-refractivity contribution < 1.29 is 9.72 Å². The highest BCUT2D eigenvalue weighted by atomic mass is 16.6. The van der Waals surface area contributed by atoms with Gasteiger partial charge in [-0.1, -0.05) is 72.8 Å². The Bertz CT molecular complexity index is 859. The van der Waals surface area contributed by atoms with Crippen molar-refractivity contribution in [1.29, 1.82) is 0 Å². The molecule has 0 aliphatic rings. The van der Waals surface area contributed by atoms with Gasteiger partial charge in [-0.3, -0.25) is 10.1 Å². The number of benzene rings is 3. The lowest BCUT2D eigenvalue weighted by atomic mass is 9.99. The smallest absolute Gasteiger partial charge is 0.320 e. The topological polar surface area (TPSA) is 84.3 Å². The molecule has 0 unspecified atom stereocenters. The summed E-state index contributed by atoms with van der Waals surface area (Å²) < 4.78 is 0. The quantitative estimate of drug-likeness (QED) is 0.526. The number of nitrogens with zero attached hydrogens (tertiary/aromatic N) is 1. The third-order valence-electron chi connectivity index (χ3n) is 3.89. The Hall–Kier alpha value is -3.67. The van der Waals surface area contributed by atoms with Crippen LogP contribution < -0.4 is 10.6 Å². The van der Waals surface area contributed by atoms with E-state index < -0.39 is 11.0 Å². The lowest BCUT2D eigenvalue weighted by Gasteiger charge is -2.20. The van der Waals surface area contributed by atoms with Gasteiger partial charge in [0.1, 0.15) is 5.69 Å². The van der Waals surface area contributed by atoms with Crippen LogP contribution in [0.15, 0.2) is 84.9 Å². The zero-order valence-electron chi connectivity index (χ0n) is 13.8. The lowest BCUT2D eigenvalue weighted by molar-refractivity contribution is -0.383. The van der Waals surface area contributed by atoms with Crippen LogP contribution in [0.25, 0.3) is 0 Å². The SMILES string of the molecule is O=C(Nc1ccccc1[N+](=O)[O-])NC(c1ccccc1)c1ccccc1. The lowest BCUT2D eigenvalue weighted by Crippen LogP contribution is -2.33. The van der Waals surface area contributed by atoms with Gasteiger partial charge in [0.2, 0.25) is 0 Å². The minimum Gasteiger partial charge on any atom is -0.327 e. The zero-order valence-corrected chi connectivity index (χ0v) is 13.8. The summed E-state index contributed by atoms with van der Waals surface area (Å²) in [4.78, 5) is 23.1. The molecule has 0 aliphatic carbocycles. The fourth-order valence-corrected chi connectivity index (χ4v) is 2.68. The maximum absolute atomic E-state index is 12.5. The molecule has 6 nitrogen and oxygen atoms in total. The summed E-state index contributed by atoms with van der Waals surface area (Å²) in [5, 5.41) is 16.6. The number of anilines is 1. The molecule has 0 atom stereocenters. The molecule has 0 radical (unpaired) electrons. The summed E-state index contributed by atoms with van der Waals surface area (Å²) in [6.07, 6.45) is 0. The van der Waals surface area contributed by atoms with Gasteiger partial charge in [0.25, 0.3) is 5.69 Å². The van der Waals surface area contributed by atoms with Crippen LogP contribution in [0.2, 0.25) is 0 Å². The van der Waals surface area contributed by atoms with E-state index in [-0.39, 0.29) is 17.4 Å². The monoisotopic (exact) mass is 347 g/mol. The Morgan fingerprint density at radius 3 is 1.85 bits per heavy atom. The number of hydrogen-bond donors (Lipinski definition) is 2. The summed E-state index contributed by atoms with van der Waals surface area (Å²) in [7, 11) is 0. The molecule has 0 fully saturated rings. The molecule has 0 saturated heterocycles. The second kappa shape index (κ2) is 7.94. The number of amides is 2. The van der Waals surface area contributed by atoms with Crippen LogP contribution in [0.4, 0.5) is 16.2 Å². The second-order valence-corrected chi connectivity index (χ2v) is 5.63. The molecule has 0 saturated carbocycles. The van der Waals surface area contributed by atoms with Gasteiger partial charge in [-0.25, -0.2) is 4.79 Å². The van der Waals surface area contributed by atoms with Crippen LogP contribution in [-0.4, -0.2) is 11.0 Å². The number of para-hydroxylation sites is 2. The maximum Gasteiger partial charge on any atom is 0.320 e. The van der Waals surface area contributed by atoms with E-state index in [0.717, 1.165) is 11.1 Å². The van der Waals surface area contributed by atoms with E-state index >= 15 is 0 Å². The minimum atomic E-state index is -0.526. The van der Waals surface area contributed by atoms with Crippen molar-refractivity contribution in [2.45, 2.75) is 6.04 Å². The molecule has 0 aliphatic heterocycles. The van der Waals surface area contributed by atoms with Crippen molar-refractivity contribution in [2.24, 2.45) is 0 Å². The number of hydrogen-bond acceptors (Lipinski definition) is 3. The number of urea groups is 1. The maximum atomic E-state index is 12.5. The van der Waals surface area contributed by atoms with Crippen LogP contribution in [0, 0.1) is 10.1 Å². The molecule has 2 amide bonds. The van der Waals surface area contributed by atoms with E-state index in [2.05, 4.69) is 10.6 Å². The molecule has 26 heavy (non-hydrogen) atoms. The second-order valence-electron chi connectivity index (χ2n) is 5.63. The summed E-state index contributed by atoms with van der Waals surface area (Å²) in [5.41, 5.74) is 1.82. The highest BCUT2D eigenvalue weighted by Gasteiger charge is 2.19. The van der Waals surface area contributed by atoms with Crippen molar-refractivity contribution in [3.63, 3.8) is 0 Å². The molecular weight excluding hydrogens is 330 g/mol. The fourth-order valence-electron chi connectivity index (χ4n) is 2.68. The summed E-state index contributed by atoms with van der Waals surface area (Å²) in [6.45, 7) is 0. The van der Waals surface area contributed by atoms with Gasteiger partial charge in [-0.2, -0.15) is 0 Å². The van der Waals surface area contributed by atoms with Crippen molar-refractivity contribution in [3.8, 4) is 0 Å². The molecule has 0 spiro atoms. The van der Waals surface area contributed by atoms with Crippen molar-refractivity contribution in [3.05, 3.63) is 106 Å². The van der Waals surface area contributed by atoms with Gasteiger partial charge in [-0.05, 0) is 17.2 Å². The summed E-state index contributed by atoms with van der Waals surface area (Å²) >= 11 is 0. The first-order valence-electron chi connectivity index (χ1n) is 8.06. The molecule has 130 valence electrons. The highest BCUT2D eigenvalue weighted by Crippen LogP contribution is 2.25. The molecular formula is C20H17N3O3. The minimum absolute atomic E-state index is 0.148. The Kier molecular flexibility index (Phi) is 5.24. The molecule has 0 heterocycles. The third kappa shape index (κ3) is 4.05. The number of nitro benzene ring substituents is 1. The van der Waals surface area contributed by atoms with E-state index in [4.69, 9.17) is 0 Å². The normalized spacial score (nSPS) is 10.3. The summed E-state index contributed by atoms with van der Waals surface area (Å²) in [5.74, 6) is 0. The van der Waals surface area contributed by atoms with Crippen LogP contribution in [0.3, 0.4) is 0 Å². The first-order chi connectivity index (χ1) is 12.6. The van der Waals surface area contributed by atoms with Crippen LogP contribution in [0.1, 0.15) is 17.2 Å². The Morgan fingerprint density at radius 1 is 0.808 bits per heavy atom. The van der Waals surface area contributed by atoms with Crippen molar-refractivity contribution in [1.82, 2.24) is 5.32 Å². The van der Waals surface area contributed by atoms with Crippen molar-refractivity contribution in [2.75, 3.05) is 5.32 Å². The molecule has 0 bridgehead atoms. The highest BCUT2D eigenvalue weighted by molar-refractivity contribution is 5.92. The van der Waals surface area contributed by atoms with Gasteiger partial charge in [0, 0.05) is 6.07 Å². The fraction of sp³-hybridized carbons (Fsp3) is 0.0500. The van der Waals surface area contributed by atoms with Gasteiger partial charge < -0.3 is 10.6 Å². The molecule has 0 aromatic heterocycles. The van der Waals surface area contributed by atoms with Crippen LogP contribution >= 0.6 is 0 Å². The van der Waals surface area contributed by atoms with E-state index in [1.807, 2.05) is 60.7 Å². The number of carbonyl (C=O) groups is 1. The van der Waals surface area contributed by atoms with E-state index in [1.54, 1.807) is 12.1 Å². The molecule has 6 heteroatoms. The van der Waals surface area contributed by atoms with E-state index in [0.29, 0.717) is 0 Å². The Balaban J connectivity index is 1.84. The first-order valence-corrected chi connectivity index (χ1v) is 8.06. The number of nitrogens with one attached hydrogen (secondary N) is 2. The molecule has 3 aromatic rings. The molecule has 3 rings (SSSR count). The largest absolute Gasteiger partial charge is 0.327 e. The molecule has 2 N–H and O–H groups in total. The van der Waals surface area contributed by atoms with Gasteiger partial charge >= 0.3 is 6.03 Å². The predicted molar refractivity (Wildman–Crippen MR) is 100.0 cm³/mol. The average molecular weight is 347 g/mol. The van der Waals surface area contributed by atoms with E-state index in [1.165, 1.54) is 12.1 Å².